The van der Waals surface area contributed by atoms with E-state index in [1.807, 2.05) is 55.5 Å². The van der Waals surface area contributed by atoms with E-state index in [2.05, 4.69) is 26.0 Å². The maximum Gasteiger partial charge on any atom is 0.246 e. The zero-order chi connectivity index (χ0) is 21.2. The van der Waals surface area contributed by atoms with Gasteiger partial charge in [0, 0.05) is 36.2 Å². The maximum absolute atomic E-state index is 12.2. The van der Waals surface area contributed by atoms with Gasteiger partial charge in [-0.2, -0.15) is 5.10 Å². The number of anilines is 1. The molecule has 164 valence electrons. The smallest absolute Gasteiger partial charge is 0.246 e. The van der Waals surface area contributed by atoms with Crippen LogP contribution in [0.1, 0.15) is 18.1 Å². The van der Waals surface area contributed by atoms with Crippen LogP contribution in [0, 0.1) is 0 Å². The Bertz CT molecular complexity index is 993. The van der Waals surface area contributed by atoms with Crippen LogP contribution in [0.5, 0.6) is 0 Å². The molecule has 1 amide bonds. The second-order valence-electron chi connectivity index (χ2n) is 6.59. The number of hydrogen-bond donors (Lipinski definition) is 3. The van der Waals surface area contributed by atoms with Gasteiger partial charge in [0.05, 0.1) is 6.54 Å². The Hall–Kier alpha value is -2.59. The van der Waals surface area contributed by atoms with Crippen molar-refractivity contribution in [2.24, 2.45) is 4.99 Å². The first-order valence-corrected chi connectivity index (χ1v) is 10.1. The van der Waals surface area contributed by atoms with Crippen molar-refractivity contribution in [2.45, 2.75) is 26.6 Å². The summed E-state index contributed by atoms with van der Waals surface area (Å²) in [6.45, 7) is 3.99. The van der Waals surface area contributed by atoms with E-state index >= 15 is 0 Å². The number of halogens is 2. The van der Waals surface area contributed by atoms with E-state index in [4.69, 9.17) is 11.6 Å². The van der Waals surface area contributed by atoms with Crippen molar-refractivity contribution >= 4 is 53.1 Å². The van der Waals surface area contributed by atoms with Crippen molar-refractivity contribution in [3.63, 3.8) is 0 Å². The molecule has 0 radical (unpaired) electrons. The van der Waals surface area contributed by atoms with E-state index in [0.29, 0.717) is 19.0 Å². The molecule has 31 heavy (non-hydrogen) atoms. The number of carbonyl (C=O) groups excluding carboxylic acids is 1. The van der Waals surface area contributed by atoms with E-state index < -0.39 is 0 Å². The van der Waals surface area contributed by atoms with Crippen molar-refractivity contribution < 1.29 is 4.79 Å². The number of nitrogens with zero attached hydrogens (tertiary/aromatic N) is 3. The molecule has 1 heterocycles. The van der Waals surface area contributed by atoms with Gasteiger partial charge in [-0.05, 0) is 42.3 Å². The highest BCUT2D eigenvalue weighted by Crippen LogP contribution is 2.14. The highest BCUT2D eigenvalue weighted by atomic mass is 127. The first-order chi connectivity index (χ1) is 14.6. The summed E-state index contributed by atoms with van der Waals surface area (Å²) in [6, 6.07) is 17.2. The Balaban J connectivity index is 0.00000341. The number of nitrogens with one attached hydrogen (secondary N) is 3. The summed E-state index contributed by atoms with van der Waals surface area (Å²) in [7, 11) is 0. The van der Waals surface area contributed by atoms with Crippen LogP contribution in [0.4, 0.5) is 5.69 Å². The summed E-state index contributed by atoms with van der Waals surface area (Å²) in [6.07, 6.45) is 3.40. The molecule has 0 fully saturated rings. The van der Waals surface area contributed by atoms with Crippen LogP contribution in [0.15, 0.2) is 72.0 Å². The van der Waals surface area contributed by atoms with E-state index in [1.165, 1.54) is 0 Å². The van der Waals surface area contributed by atoms with Gasteiger partial charge in [-0.3, -0.25) is 9.48 Å². The lowest BCUT2D eigenvalue weighted by Gasteiger charge is -2.12. The Morgan fingerprint density at radius 2 is 1.97 bits per heavy atom. The lowest BCUT2D eigenvalue weighted by atomic mass is 10.2. The van der Waals surface area contributed by atoms with Crippen molar-refractivity contribution in [1.82, 2.24) is 20.4 Å². The molecular formula is C22H26ClIN6O. The van der Waals surface area contributed by atoms with E-state index in [0.717, 1.165) is 28.4 Å². The minimum atomic E-state index is -0.130. The molecule has 0 unspecified atom stereocenters. The topological polar surface area (TPSA) is 83.3 Å². The molecule has 2 aromatic carbocycles. The van der Waals surface area contributed by atoms with Gasteiger partial charge in [0.1, 0.15) is 6.54 Å². The van der Waals surface area contributed by atoms with Gasteiger partial charge < -0.3 is 16.0 Å². The minimum absolute atomic E-state index is 0. The molecule has 0 saturated heterocycles. The number of carbonyl (C=O) groups is 1. The molecule has 0 bridgehead atoms. The molecule has 3 aromatic rings. The van der Waals surface area contributed by atoms with Gasteiger partial charge in [-0.1, -0.05) is 41.9 Å². The van der Waals surface area contributed by atoms with Crippen LogP contribution in [0.3, 0.4) is 0 Å². The Morgan fingerprint density at radius 3 is 2.71 bits per heavy atom. The molecule has 0 atom stereocenters. The third kappa shape index (κ3) is 8.22. The summed E-state index contributed by atoms with van der Waals surface area (Å²) < 4.78 is 1.58. The van der Waals surface area contributed by atoms with Crippen molar-refractivity contribution in [1.29, 1.82) is 0 Å². The third-order valence-corrected chi connectivity index (χ3v) is 4.61. The number of hydrogen-bond acceptors (Lipinski definition) is 3. The van der Waals surface area contributed by atoms with E-state index in [-0.39, 0.29) is 36.4 Å². The van der Waals surface area contributed by atoms with Crippen molar-refractivity contribution in [2.75, 3.05) is 11.9 Å². The van der Waals surface area contributed by atoms with Gasteiger partial charge >= 0.3 is 0 Å². The fraction of sp³-hybridized carbons (Fsp3) is 0.227. The fourth-order valence-corrected chi connectivity index (χ4v) is 3.02. The standard InChI is InChI=1S/C22H25ClN6O.HI/c1-2-24-22(26-15-18-8-3-4-10-20(18)23)25-14-17-7-5-9-19(13-17)28-21(30)16-29-12-6-11-27-29;/h3-13H,2,14-16H2,1H3,(H,28,30)(H2,24,25,26);1H. The zero-order valence-electron chi connectivity index (χ0n) is 17.2. The monoisotopic (exact) mass is 552 g/mol. The summed E-state index contributed by atoms with van der Waals surface area (Å²) >= 11 is 6.22. The SMILES string of the molecule is CCNC(=NCc1cccc(NC(=O)Cn2cccn2)c1)NCc1ccccc1Cl.I. The highest BCUT2D eigenvalue weighted by Gasteiger charge is 2.05. The molecule has 0 aliphatic heterocycles. The van der Waals surface area contributed by atoms with Crippen LogP contribution >= 0.6 is 35.6 Å². The van der Waals surface area contributed by atoms with Gasteiger partial charge in [-0.25, -0.2) is 4.99 Å². The molecule has 0 spiro atoms. The van der Waals surface area contributed by atoms with Gasteiger partial charge in [-0.15, -0.1) is 24.0 Å². The molecule has 0 aliphatic carbocycles. The Labute approximate surface area is 204 Å². The highest BCUT2D eigenvalue weighted by molar-refractivity contribution is 14.0. The van der Waals surface area contributed by atoms with Crippen molar-refractivity contribution in [3.05, 3.63) is 83.1 Å². The lowest BCUT2D eigenvalue weighted by Crippen LogP contribution is -2.36. The molecule has 9 heteroatoms. The zero-order valence-corrected chi connectivity index (χ0v) is 20.3. The van der Waals surface area contributed by atoms with E-state index in [9.17, 15) is 4.79 Å². The number of amides is 1. The van der Waals surface area contributed by atoms with Gasteiger partial charge in [0.2, 0.25) is 5.91 Å². The first kappa shape index (κ1) is 24.7. The molecule has 3 rings (SSSR count). The molecule has 7 nitrogen and oxygen atoms in total. The summed E-state index contributed by atoms with van der Waals surface area (Å²) in [5.41, 5.74) is 2.72. The minimum Gasteiger partial charge on any atom is -0.357 e. The predicted molar refractivity (Wildman–Crippen MR) is 136 cm³/mol. The van der Waals surface area contributed by atoms with Crippen LogP contribution in [0.25, 0.3) is 0 Å². The third-order valence-electron chi connectivity index (χ3n) is 4.24. The predicted octanol–water partition coefficient (Wildman–Crippen LogP) is 4.05. The molecule has 1 aromatic heterocycles. The van der Waals surface area contributed by atoms with Crippen molar-refractivity contribution in [3.8, 4) is 0 Å². The number of benzene rings is 2. The largest absolute Gasteiger partial charge is 0.357 e. The van der Waals surface area contributed by atoms with Crippen LogP contribution in [0.2, 0.25) is 5.02 Å². The molecule has 3 N–H and O–H groups in total. The van der Waals surface area contributed by atoms with Crippen LogP contribution in [-0.4, -0.2) is 28.2 Å². The molecule has 0 saturated carbocycles. The molecule has 0 aliphatic rings. The maximum atomic E-state index is 12.2. The first-order valence-electron chi connectivity index (χ1n) is 9.76. The second-order valence-corrected chi connectivity index (χ2v) is 7.00. The quantitative estimate of drug-likeness (QED) is 0.224. The fourth-order valence-electron chi connectivity index (χ4n) is 2.82. The number of aromatic nitrogens is 2. The number of guanidine groups is 1. The molecular weight excluding hydrogens is 527 g/mol. The van der Waals surface area contributed by atoms with E-state index in [1.54, 1.807) is 23.1 Å². The number of aliphatic imine (C=N–C) groups is 1. The average Bonchev–Trinajstić information content (AvgIpc) is 3.24. The van der Waals surface area contributed by atoms with Gasteiger partial charge in [0.25, 0.3) is 0 Å². The lowest BCUT2D eigenvalue weighted by molar-refractivity contribution is -0.116. The summed E-state index contributed by atoms with van der Waals surface area (Å²) in [5.74, 6) is 0.569. The Morgan fingerprint density at radius 1 is 1.13 bits per heavy atom. The Kier molecular flexibility index (Phi) is 10.3. The number of rotatable bonds is 8. The summed E-state index contributed by atoms with van der Waals surface area (Å²) in [5, 5.41) is 14.2. The van der Waals surface area contributed by atoms with Crippen LogP contribution < -0.4 is 16.0 Å². The average molecular weight is 553 g/mol. The summed E-state index contributed by atoms with van der Waals surface area (Å²) in [4.78, 5) is 16.8. The van der Waals surface area contributed by atoms with Crippen LogP contribution in [-0.2, 0) is 24.4 Å². The van der Waals surface area contributed by atoms with Gasteiger partial charge in [0.15, 0.2) is 5.96 Å². The second kappa shape index (κ2) is 13.0. The normalized spacial score (nSPS) is 10.8.